The van der Waals surface area contributed by atoms with Crippen LogP contribution in [0.4, 0.5) is 4.39 Å². The van der Waals surface area contributed by atoms with Crippen molar-refractivity contribution in [2.75, 3.05) is 13.1 Å². The van der Waals surface area contributed by atoms with Crippen LogP contribution in [0.1, 0.15) is 35.7 Å². The number of piperidine rings is 1. The van der Waals surface area contributed by atoms with Crippen molar-refractivity contribution in [2.45, 2.75) is 38.6 Å². The van der Waals surface area contributed by atoms with Gasteiger partial charge in [-0.05, 0) is 56.2 Å². The van der Waals surface area contributed by atoms with Gasteiger partial charge in [-0.2, -0.15) is 5.10 Å². The van der Waals surface area contributed by atoms with Crippen LogP contribution in [0.2, 0.25) is 0 Å². The molecule has 4 aromatic rings. The monoisotopic (exact) mass is 402 g/mol. The summed E-state index contributed by atoms with van der Waals surface area (Å²) in [5.41, 5.74) is 5.71. The molecule has 30 heavy (non-hydrogen) atoms. The molecule has 1 unspecified atom stereocenters. The minimum Gasteiger partial charge on any atom is -0.304 e. The first-order valence-corrected chi connectivity index (χ1v) is 10.8. The number of imidazole rings is 2. The molecule has 2 aliphatic carbocycles. The first-order chi connectivity index (χ1) is 14.5. The number of aryl methyl sites for hydroxylation is 2. The molecule has 7 rings (SSSR count). The number of likely N-dealkylation sites (tertiary alicyclic amines) is 1. The van der Waals surface area contributed by atoms with Gasteiger partial charge in [0.1, 0.15) is 0 Å². The van der Waals surface area contributed by atoms with Crippen LogP contribution in [-0.4, -0.2) is 48.0 Å². The van der Waals surface area contributed by atoms with E-state index in [1.54, 1.807) is 10.6 Å². The van der Waals surface area contributed by atoms with Gasteiger partial charge in [0, 0.05) is 43.0 Å². The molecule has 3 atom stereocenters. The van der Waals surface area contributed by atoms with Crippen molar-refractivity contribution < 1.29 is 4.39 Å². The summed E-state index contributed by atoms with van der Waals surface area (Å²) in [5.74, 6) is 1.60. The second-order valence-electron chi connectivity index (χ2n) is 9.37. The van der Waals surface area contributed by atoms with Crippen LogP contribution in [0.3, 0.4) is 0 Å². The molecular formula is C23H23FN6. The highest BCUT2D eigenvalue weighted by Crippen LogP contribution is 2.59. The molecule has 0 bridgehead atoms. The quantitative estimate of drug-likeness (QED) is 0.525. The normalized spacial score (nSPS) is 26.0. The van der Waals surface area contributed by atoms with E-state index in [-0.39, 0.29) is 5.82 Å². The third-order valence-electron chi connectivity index (χ3n) is 7.18. The van der Waals surface area contributed by atoms with E-state index in [0.717, 1.165) is 39.9 Å². The first kappa shape index (κ1) is 16.9. The second kappa shape index (κ2) is 5.66. The van der Waals surface area contributed by atoms with Crippen molar-refractivity contribution in [1.29, 1.82) is 0 Å². The Morgan fingerprint density at radius 2 is 1.77 bits per heavy atom. The van der Waals surface area contributed by atoms with E-state index < -0.39 is 0 Å². The van der Waals surface area contributed by atoms with Gasteiger partial charge in [-0.3, -0.25) is 4.90 Å². The minimum atomic E-state index is -0.300. The summed E-state index contributed by atoms with van der Waals surface area (Å²) < 4.78 is 18.6. The van der Waals surface area contributed by atoms with Crippen LogP contribution in [-0.2, 0) is 0 Å². The molecule has 152 valence electrons. The van der Waals surface area contributed by atoms with Crippen molar-refractivity contribution in [3.8, 4) is 11.3 Å². The highest BCUT2D eigenvalue weighted by atomic mass is 19.1. The van der Waals surface area contributed by atoms with Crippen LogP contribution in [0.25, 0.3) is 22.6 Å². The zero-order valence-corrected chi connectivity index (χ0v) is 17.1. The van der Waals surface area contributed by atoms with E-state index in [1.165, 1.54) is 25.9 Å². The van der Waals surface area contributed by atoms with E-state index in [2.05, 4.69) is 20.0 Å². The number of fused-ring (bicyclic) bond motifs is 3. The highest BCUT2D eigenvalue weighted by Gasteiger charge is 2.58. The molecule has 6 nitrogen and oxygen atoms in total. The summed E-state index contributed by atoms with van der Waals surface area (Å²) in [5, 5.41) is 4.65. The number of rotatable bonds is 3. The topological polar surface area (TPSA) is 50.7 Å². The Hall–Kier alpha value is -2.80. The number of nitrogens with zero attached hydrogens (tertiary/aromatic N) is 6. The van der Waals surface area contributed by atoms with Crippen LogP contribution >= 0.6 is 0 Å². The second-order valence-corrected chi connectivity index (χ2v) is 9.37. The van der Waals surface area contributed by atoms with E-state index in [0.29, 0.717) is 23.4 Å². The minimum absolute atomic E-state index is 0.300. The molecule has 5 heterocycles. The lowest BCUT2D eigenvalue weighted by Gasteiger charge is -2.17. The SMILES string of the molecule is Cc1cn2nc(-c3cc(F)c4nc(C5[C@H]6CN(C7CC7)C[C@@H]56)cn4c3)cc(C)c2n1. The Morgan fingerprint density at radius 1 is 0.967 bits per heavy atom. The predicted octanol–water partition coefficient (Wildman–Crippen LogP) is 3.61. The Morgan fingerprint density at radius 3 is 2.53 bits per heavy atom. The molecule has 1 aliphatic heterocycles. The molecular weight excluding hydrogens is 379 g/mol. The molecule has 3 aliphatic rings. The van der Waals surface area contributed by atoms with E-state index >= 15 is 0 Å². The zero-order chi connectivity index (χ0) is 20.1. The lowest BCUT2D eigenvalue weighted by molar-refractivity contribution is 0.287. The Balaban J connectivity index is 1.25. The summed E-state index contributed by atoms with van der Waals surface area (Å²) in [4.78, 5) is 11.8. The van der Waals surface area contributed by atoms with Gasteiger partial charge in [-0.25, -0.2) is 18.9 Å². The van der Waals surface area contributed by atoms with Crippen LogP contribution in [0.15, 0.2) is 30.7 Å². The maximum Gasteiger partial charge on any atom is 0.173 e. The zero-order valence-electron chi connectivity index (χ0n) is 17.1. The van der Waals surface area contributed by atoms with E-state index in [9.17, 15) is 4.39 Å². The van der Waals surface area contributed by atoms with E-state index in [1.807, 2.05) is 42.9 Å². The number of hydrogen-bond acceptors (Lipinski definition) is 4. The van der Waals surface area contributed by atoms with Crippen molar-refractivity contribution in [2.24, 2.45) is 11.8 Å². The fourth-order valence-electron chi connectivity index (χ4n) is 5.50. The Kier molecular flexibility index (Phi) is 3.20. The maximum absolute atomic E-state index is 15.0. The van der Waals surface area contributed by atoms with Crippen LogP contribution in [0, 0.1) is 31.5 Å². The summed E-state index contributed by atoms with van der Waals surface area (Å²) in [6, 6.07) is 4.36. The molecule has 7 heteroatoms. The number of pyridine rings is 1. The summed E-state index contributed by atoms with van der Waals surface area (Å²) in [6.07, 6.45) is 8.60. The smallest absolute Gasteiger partial charge is 0.173 e. The van der Waals surface area contributed by atoms with Gasteiger partial charge in [-0.15, -0.1) is 0 Å². The molecule has 0 radical (unpaired) electrons. The maximum atomic E-state index is 15.0. The van der Waals surface area contributed by atoms with E-state index in [4.69, 9.17) is 0 Å². The van der Waals surface area contributed by atoms with Gasteiger partial charge in [0.2, 0.25) is 0 Å². The summed E-state index contributed by atoms with van der Waals surface area (Å²) >= 11 is 0. The number of aromatic nitrogens is 5. The molecule has 0 spiro atoms. The third kappa shape index (κ3) is 2.41. The largest absolute Gasteiger partial charge is 0.304 e. The molecule has 1 saturated heterocycles. The summed E-state index contributed by atoms with van der Waals surface area (Å²) in [6.45, 7) is 6.34. The fourth-order valence-corrected chi connectivity index (χ4v) is 5.50. The lowest BCUT2D eigenvalue weighted by atomic mass is 10.1. The van der Waals surface area contributed by atoms with Gasteiger partial charge >= 0.3 is 0 Å². The van der Waals surface area contributed by atoms with Gasteiger partial charge in [-0.1, -0.05) is 0 Å². The lowest BCUT2D eigenvalue weighted by Crippen LogP contribution is -2.26. The summed E-state index contributed by atoms with van der Waals surface area (Å²) in [7, 11) is 0. The van der Waals surface area contributed by atoms with Gasteiger partial charge in [0.05, 0.1) is 23.3 Å². The molecule has 0 aromatic carbocycles. The van der Waals surface area contributed by atoms with Crippen LogP contribution < -0.4 is 0 Å². The predicted molar refractivity (Wildman–Crippen MR) is 111 cm³/mol. The Labute approximate surface area is 173 Å². The molecule has 0 N–H and O–H groups in total. The fraction of sp³-hybridized carbons (Fsp3) is 0.435. The van der Waals surface area contributed by atoms with Gasteiger partial charge in [0.25, 0.3) is 0 Å². The van der Waals surface area contributed by atoms with Gasteiger partial charge < -0.3 is 4.40 Å². The first-order valence-electron chi connectivity index (χ1n) is 10.8. The number of halogens is 1. The third-order valence-corrected chi connectivity index (χ3v) is 7.18. The molecule has 4 aromatic heterocycles. The van der Waals surface area contributed by atoms with Crippen LogP contribution in [0.5, 0.6) is 0 Å². The number of hydrogen-bond donors (Lipinski definition) is 0. The van der Waals surface area contributed by atoms with Crippen molar-refractivity contribution in [3.05, 3.63) is 53.5 Å². The Bertz CT molecular complexity index is 1320. The van der Waals surface area contributed by atoms with Gasteiger partial charge in [0.15, 0.2) is 17.1 Å². The molecule has 0 amide bonds. The highest BCUT2D eigenvalue weighted by molar-refractivity contribution is 5.64. The van der Waals surface area contributed by atoms with Crippen molar-refractivity contribution in [1.82, 2.24) is 28.9 Å². The van der Waals surface area contributed by atoms with Crippen molar-refractivity contribution >= 4 is 11.3 Å². The average Bonchev–Trinajstić information content (AvgIpc) is 3.52. The average molecular weight is 402 g/mol. The molecule has 2 saturated carbocycles. The standard InChI is InChI=1S/C23H23FN6/c1-12-5-19(27-30-7-13(2)25-22(12)30)14-6-18(24)23-26-20(11-29(23)8-14)21-16-9-28(10-17(16)21)15-3-4-15/h5-8,11,15-17,21H,3-4,9-10H2,1-2H3/t16-,17+,21?. The molecule has 3 fully saturated rings. The van der Waals surface area contributed by atoms with Crippen molar-refractivity contribution in [3.63, 3.8) is 0 Å².